The Hall–Kier alpha value is -3.54. The molecule has 1 fully saturated rings. The molecular weight excluding hydrogens is 440 g/mol. The molecule has 2 aromatic rings. The summed E-state index contributed by atoms with van der Waals surface area (Å²) in [6, 6.07) is 13.2. The van der Waals surface area contributed by atoms with Crippen molar-refractivity contribution in [1.29, 1.82) is 0 Å². The molecule has 2 amide bonds. The van der Waals surface area contributed by atoms with Gasteiger partial charge in [0.05, 0.1) is 31.1 Å². The van der Waals surface area contributed by atoms with E-state index in [2.05, 4.69) is 0 Å². The van der Waals surface area contributed by atoms with E-state index in [9.17, 15) is 9.59 Å². The Labute approximate surface area is 205 Å². The molecule has 2 atom stereocenters. The van der Waals surface area contributed by atoms with E-state index in [-0.39, 0.29) is 24.3 Å². The number of hydrogen-bond donors (Lipinski definition) is 1. The number of carbonyl (C=O) groups excluding carboxylic acids is 2. The third-order valence-corrected chi connectivity index (χ3v) is 7.06. The summed E-state index contributed by atoms with van der Waals surface area (Å²) in [7, 11) is 0. The molecule has 35 heavy (non-hydrogen) atoms. The monoisotopic (exact) mass is 472 g/mol. The van der Waals surface area contributed by atoms with Gasteiger partial charge in [-0.2, -0.15) is 0 Å². The van der Waals surface area contributed by atoms with Crippen LogP contribution in [0.2, 0.25) is 0 Å². The van der Waals surface area contributed by atoms with Crippen molar-refractivity contribution in [3.63, 3.8) is 0 Å². The van der Waals surface area contributed by atoms with E-state index in [1.807, 2.05) is 67.7 Å². The van der Waals surface area contributed by atoms with E-state index < -0.39 is 11.9 Å². The van der Waals surface area contributed by atoms with Crippen LogP contribution in [0.5, 0.6) is 11.5 Å². The standard InChI is InChI=1S/C29H32N2O4/c1-2-34-27-16-21(12-13-26(27)35-23-10-4-3-5-11-23)25(17-28(30)32)31-18-22-14-19-8-6-7-9-20(19)15-24(22)29(31)33/h6-9,12-16,18,23-25H,2-5,10-11,17H2,1H3,(H2,30,32). The fourth-order valence-corrected chi connectivity index (χ4v) is 5.33. The first kappa shape index (κ1) is 23.2. The number of nitrogens with zero attached hydrogens (tertiary/aromatic N) is 1. The molecule has 0 bridgehead atoms. The topological polar surface area (TPSA) is 81.9 Å². The van der Waals surface area contributed by atoms with E-state index in [1.54, 1.807) is 4.90 Å². The lowest BCUT2D eigenvalue weighted by Crippen LogP contribution is -2.35. The first-order chi connectivity index (χ1) is 17.0. The van der Waals surface area contributed by atoms with E-state index in [0.29, 0.717) is 18.1 Å². The molecule has 2 aromatic carbocycles. The van der Waals surface area contributed by atoms with Crippen LogP contribution in [-0.2, 0) is 9.59 Å². The number of amides is 2. The van der Waals surface area contributed by atoms with Gasteiger partial charge in [-0.15, -0.1) is 0 Å². The van der Waals surface area contributed by atoms with Crippen LogP contribution >= 0.6 is 0 Å². The second-order valence-electron chi connectivity index (χ2n) is 9.50. The average Bonchev–Trinajstić information content (AvgIpc) is 3.18. The highest BCUT2D eigenvalue weighted by atomic mass is 16.5. The highest BCUT2D eigenvalue weighted by Crippen LogP contribution is 2.39. The predicted molar refractivity (Wildman–Crippen MR) is 135 cm³/mol. The van der Waals surface area contributed by atoms with Gasteiger partial charge in [0.1, 0.15) is 0 Å². The number of ether oxygens (including phenoxy) is 2. The predicted octanol–water partition coefficient (Wildman–Crippen LogP) is 3.33. The SMILES string of the molecule is CCOc1cc(C(CC(N)=O)N2C=C3C=c4ccccc4=CC3C2=O)ccc1OC1CCCCC1. The Kier molecular flexibility index (Phi) is 6.62. The average molecular weight is 473 g/mol. The molecule has 0 spiro atoms. The maximum absolute atomic E-state index is 13.5. The van der Waals surface area contributed by atoms with Crippen LogP contribution in [0.15, 0.2) is 54.2 Å². The fraction of sp³-hybridized carbons (Fsp3) is 0.379. The summed E-state index contributed by atoms with van der Waals surface area (Å²) in [6.07, 6.45) is 11.8. The molecule has 0 aromatic heterocycles. The number of rotatable bonds is 8. The van der Waals surface area contributed by atoms with Crippen molar-refractivity contribution < 1.29 is 19.1 Å². The quantitative estimate of drug-likeness (QED) is 0.639. The van der Waals surface area contributed by atoms with Crippen LogP contribution in [-0.4, -0.2) is 29.4 Å². The van der Waals surface area contributed by atoms with Gasteiger partial charge < -0.3 is 20.1 Å². The zero-order valence-electron chi connectivity index (χ0n) is 20.1. The van der Waals surface area contributed by atoms with Crippen molar-refractivity contribution in [3.8, 4) is 11.5 Å². The smallest absolute Gasteiger partial charge is 0.238 e. The van der Waals surface area contributed by atoms with Crippen molar-refractivity contribution in [1.82, 2.24) is 4.90 Å². The molecule has 2 N–H and O–H groups in total. The molecule has 0 radical (unpaired) electrons. The van der Waals surface area contributed by atoms with Crippen LogP contribution < -0.4 is 25.6 Å². The van der Waals surface area contributed by atoms with Gasteiger partial charge in [0.25, 0.3) is 0 Å². The normalized spacial score (nSPS) is 20.1. The second kappa shape index (κ2) is 9.98. The first-order valence-electron chi connectivity index (χ1n) is 12.6. The Morgan fingerprint density at radius 1 is 1.09 bits per heavy atom. The molecule has 3 aliphatic rings. The molecule has 5 rings (SSSR count). The molecule has 1 aliphatic heterocycles. The lowest BCUT2D eigenvalue weighted by molar-refractivity contribution is -0.131. The van der Waals surface area contributed by atoms with Crippen LogP contribution in [0.4, 0.5) is 0 Å². The fourth-order valence-electron chi connectivity index (χ4n) is 5.33. The maximum Gasteiger partial charge on any atom is 0.238 e. The van der Waals surface area contributed by atoms with Crippen molar-refractivity contribution in [2.75, 3.05) is 6.61 Å². The lowest BCUT2D eigenvalue weighted by Gasteiger charge is -2.28. The van der Waals surface area contributed by atoms with E-state index in [0.717, 1.165) is 34.4 Å². The van der Waals surface area contributed by atoms with Crippen LogP contribution in [0.3, 0.4) is 0 Å². The van der Waals surface area contributed by atoms with Gasteiger partial charge in [-0.1, -0.05) is 42.8 Å². The Morgan fingerprint density at radius 3 is 2.60 bits per heavy atom. The second-order valence-corrected chi connectivity index (χ2v) is 9.50. The van der Waals surface area contributed by atoms with Crippen molar-refractivity contribution in [2.24, 2.45) is 11.7 Å². The summed E-state index contributed by atoms with van der Waals surface area (Å²) in [6.45, 7) is 2.42. The summed E-state index contributed by atoms with van der Waals surface area (Å²) in [5, 5.41) is 2.12. The zero-order valence-corrected chi connectivity index (χ0v) is 20.1. The molecule has 2 unspecified atom stereocenters. The number of nitrogens with two attached hydrogens (primary N) is 1. The molecular formula is C29H32N2O4. The minimum Gasteiger partial charge on any atom is -0.490 e. The minimum atomic E-state index is -0.522. The third-order valence-electron chi connectivity index (χ3n) is 7.06. The zero-order chi connectivity index (χ0) is 24.4. The van der Waals surface area contributed by atoms with E-state index in [4.69, 9.17) is 15.2 Å². The van der Waals surface area contributed by atoms with Gasteiger partial charge in [-0.05, 0) is 72.4 Å². The number of carbonyl (C=O) groups is 2. The number of hydrogen-bond acceptors (Lipinski definition) is 4. The third kappa shape index (κ3) is 4.83. The van der Waals surface area contributed by atoms with Gasteiger partial charge >= 0.3 is 0 Å². The van der Waals surface area contributed by atoms with Crippen molar-refractivity contribution >= 4 is 24.0 Å². The molecule has 1 heterocycles. The molecule has 6 heteroatoms. The molecule has 6 nitrogen and oxygen atoms in total. The molecule has 2 aliphatic carbocycles. The molecule has 182 valence electrons. The largest absolute Gasteiger partial charge is 0.490 e. The lowest BCUT2D eigenvalue weighted by atomic mass is 9.94. The van der Waals surface area contributed by atoms with Gasteiger partial charge in [0, 0.05) is 6.20 Å². The summed E-state index contributed by atoms with van der Waals surface area (Å²) < 4.78 is 12.2. The number of fused-ring (bicyclic) bond motifs is 2. The summed E-state index contributed by atoms with van der Waals surface area (Å²) in [5.41, 5.74) is 7.36. The van der Waals surface area contributed by atoms with Gasteiger partial charge in [-0.25, -0.2) is 0 Å². The van der Waals surface area contributed by atoms with Crippen molar-refractivity contribution in [2.45, 2.75) is 57.6 Å². The maximum atomic E-state index is 13.5. The first-order valence-corrected chi connectivity index (χ1v) is 12.6. The summed E-state index contributed by atoms with van der Waals surface area (Å²) >= 11 is 0. The number of primary amides is 1. The van der Waals surface area contributed by atoms with Crippen molar-refractivity contribution in [3.05, 3.63) is 70.2 Å². The van der Waals surface area contributed by atoms with Crippen LogP contribution in [0.1, 0.15) is 57.1 Å². The van der Waals surface area contributed by atoms with Gasteiger partial charge in [0.2, 0.25) is 11.8 Å². The van der Waals surface area contributed by atoms with Crippen LogP contribution in [0.25, 0.3) is 12.2 Å². The van der Waals surface area contributed by atoms with Gasteiger partial charge in [0.15, 0.2) is 11.5 Å². The molecule has 0 saturated heterocycles. The summed E-state index contributed by atoms with van der Waals surface area (Å²) in [4.78, 5) is 27.2. The highest BCUT2D eigenvalue weighted by Gasteiger charge is 2.37. The minimum absolute atomic E-state index is 0.0174. The highest BCUT2D eigenvalue weighted by molar-refractivity contribution is 5.95. The molecule has 1 saturated carbocycles. The Bertz CT molecular complexity index is 1280. The Morgan fingerprint density at radius 2 is 1.86 bits per heavy atom. The van der Waals surface area contributed by atoms with E-state index >= 15 is 0 Å². The number of benzene rings is 2. The van der Waals surface area contributed by atoms with Gasteiger partial charge in [-0.3, -0.25) is 9.59 Å². The Balaban J connectivity index is 1.47. The van der Waals surface area contributed by atoms with Crippen LogP contribution in [0, 0.1) is 5.92 Å². The van der Waals surface area contributed by atoms with E-state index in [1.165, 1.54) is 19.3 Å². The summed E-state index contributed by atoms with van der Waals surface area (Å²) in [5.74, 6) is 0.454.